The van der Waals surface area contributed by atoms with Crippen LogP contribution in [0.3, 0.4) is 0 Å². The highest BCUT2D eigenvalue weighted by atomic mass is 16.3. The number of aliphatic hydroxyl groups excluding tert-OH is 1. The van der Waals surface area contributed by atoms with Crippen molar-refractivity contribution in [2.75, 3.05) is 13.2 Å². The molecular weight excluding hydrogens is 198 g/mol. The van der Waals surface area contributed by atoms with Gasteiger partial charge in [-0.2, -0.15) is 0 Å². The highest BCUT2D eigenvalue weighted by molar-refractivity contribution is 5.27. The molecule has 16 heavy (non-hydrogen) atoms. The SMILES string of the molecule is Cc1ccc(C(CN)C2(CO)CCC2)cc1. The summed E-state index contributed by atoms with van der Waals surface area (Å²) in [6.45, 7) is 2.98. The van der Waals surface area contributed by atoms with Gasteiger partial charge in [0.2, 0.25) is 0 Å². The Kier molecular flexibility index (Phi) is 3.31. The smallest absolute Gasteiger partial charge is 0.0493 e. The second-order valence-electron chi connectivity index (χ2n) is 5.07. The molecule has 0 aromatic heterocycles. The standard InChI is InChI=1S/C14H21NO/c1-11-3-5-12(6-4-11)13(9-15)14(10-16)7-2-8-14/h3-6,13,16H,2,7-10,15H2,1H3. The van der Waals surface area contributed by atoms with Crippen LogP contribution in [0.15, 0.2) is 24.3 Å². The van der Waals surface area contributed by atoms with E-state index >= 15 is 0 Å². The molecular formula is C14H21NO. The van der Waals surface area contributed by atoms with Crippen LogP contribution in [0.1, 0.15) is 36.3 Å². The zero-order valence-corrected chi connectivity index (χ0v) is 9.95. The molecule has 0 bridgehead atoms. The lowest BCUT2D eigenvalue weighted by Crippen LogP contribution is -2.42. The molecule has 0 saturated heterocycles. The molecule has 1 aliphatic rings. The van der Waals surface area contributed by atoms with Gasteiger partial charge in [0.15, 0.2) is 0 Å². The maximum atomic E-state index is 9.60. The Balaban J connectivity index is 2.25. The molecule has 0 aliphatic heterocycles. The van der Waals surface area contributed by atoms with Crippen molar-refractivity contribution >= 4 is 0 Å². The highest BCUT2D eigenvalue weighted by Crippen LogP contribution is 2.50. The van der Waals surface area contributed by atoms with Crippen LogP contribution in [0.5, 0.6) is 0 Å². The topological polar surface area (TPSA) is 46.2 Å². The fourth-order valence-corrected chi connectivity index (χ4v) is 2.79. The average molecular weight is 219 g/mol. The summed E-state index contributed by atoms with van der Waals surface area (Å²) in [5.74, 6) is 0.312. The van der Waals surface area contributed by atoms with Crippen LogP contribution in [-0.2, 0) is 0 Å². The molecule has 0 heterocycles. The van der Waals surface area contributed by atoms with Gasteiger partial charge in [0.1, 0.15) is 0 Å². The summed E-state index contributed by atoms with van der Waals surface area (Å²) in [5, 5.41) is 9.60. The highest BCUT2D eigenvalue weighted by Gasteiger charge is 2.43. The Bertz CT molecular complexity index is 335. The Morgan fingerprint density at radius 1 is 1.31 bits per heavy atom. The summed E-state index contributed by atoms with van der Waals surface area (Å²) >= 11 is 0. The number of aliphatic hydroxyl groups is 1. The molecule has 1 aromatic carbocycles. The van der Waals surface area contributed by atoms with Gasteiger partial charge in [-0.05, 0) is 31.9 Å². The average Bonchev–Trinajstić information content (AvgIpc) is 2.25. The van der Waals surface area contributed by atoms with Gasteiger partial charge in [-0.3, -0.25) is 0 Å². The van der Waals surface area contributed by atoms with Crippen LogP contribution in [0.2, 0.25) is 0 Å². The van der Waals surface area contributed by atoms with Crippen LogP contribution < -0.4 is 5.73 Å². The number of nitrogens with two attached hydrogens (primary N) is 1. The first-order valence-corrected chi connectivity index (χ1v) is 6.09. The van der Waals surface area contributed by atoms with Gasteiger partial charge in [-0.1, -0.05) is 36.2 Å². The van der Waals surface area contributed by atoms with E-state index in [4.69, 9.17) is 5.73 Å². The molecule has 1 aliphatic carbocycles. The van der Waals surface area contributed by atoms with E-state index in [1.165, 1.54) is 17.5 Å². The third-order valence-electron chi connectivity index (χ3n) is 4.12. The number of benzene rings is 1. The van der Waals surface area contributed by atoms with E-state index in [0.717, 1.165) is 12.8 Å². The van der Waals surface area contributed by atoms with E-state index in [-0.39, 0.29) is 12.0 Å². The number of aryl methyl sites for hydroxylation is 1. The predicted molar refractivity (Wildman–Crippen MR) is 66.3 cm³/mol. The van der Waals surface area contributed by atoms with Crippen molar-refractivity contribution < 1.29 is 5.11 Å². The molecule has 1 atom stereocenters. The summed E-state index contributed by atoms with van der Waals surface area (Å²) in [7, 11) is 0. The van der Waals surface area contributed by atoms with Gasteiger partial charge in [0.05, 0.1) is 0 Å². The zero-order chi connectivity index (χ0) is 11.6. The normalized spacial score (nSPS) is 20.2. The number of rotatable bonds is 4. The number of hydrogen-bond donors (Lipinski definition) is 2. The quantitative estimate of drug-likeness (QED) is 0.815. The molecule has 1 saturated carbocycles. The fraction of sp³-hybridized carbons (Fsp3) is 0.571. The van der Waals surface area contributed by atoms with E-state index < -0.39 is 0 Å². The maximum absolute atomic E-state index is 9.60. The van der Waals surface area contributed by atoms with Gasteiger partial charge < -0.3 is 10.8 Å². The van der Waals surface area contributed by atoms with Gasteiger partial charge in [-0.15, -0.1) is 0 Å². The van der Waals surface area contributed by atoms with Gasteiger partial charge in [0, 0.05) is 17.9 Å². The van der Waals surface area contributed by atoms with E-state index in [0.29, 0.717) is 12.5 Å². The minimum absolute atomic E-state index is 0.0595. The molecule has 1 fully saturated rings. The third kappa shape index (κ3) is 1.87. The lowest BCUT2D eigenvalue weighted by Gasteiger charge is -2.46. The van der Waals surface area contributed by atoms with Crippen molar-refractivity contribution in [1.82, 2.24) is 0 Å². The largest absolute Gasteiger partial charge is 0.396 e. The predicted octanol–water partition coefficient (Wildman–Crippen LogP) is 2.20. The number of hydrogen-bond acceptors (Lipinski definition) is 2. The fourth-order valence-electron chi connectivity index (χ4n) is 2.79. The van der Waals surface area contributed by atoms with Crippen LogP contribution in [0, 0.1) is 12.3 Å². The Labute approximate surface area is 97.5 Å². The van der Waals surface area contributed by atoms with Crippen molar-refractivity contribution in [3.8, 4) is 0 Å². The van der Waals surface area contributed by atoms with E-state index in [9.17, 15) is 5.11 Å². The summed E-state index contributed by atoms with van der Waals surface area (Å²) in [5.41, 5.74) is 8.51. The molecule has 1 aromatic rings. The first-order chi connectivity index (χ1) is 7.72. The lowest BCUT2D eigenvalue weighted by atomic mass is 9.60. The van der Waals surface area contributed by atoms with E-state index in [1.807, 2.05) is 0 Å². The molecule has 1 unspecified atom stereocenters. The molecule has 0 spiro atoms. The Hall–Kier alpha value is -0.860. The second kappa shape index (κ2) is 4.56. The van der Waals surface area contributed by atoms with Crippen LogP contribution >= 0.6 is 0 Å². The monoisotopic (exact) mass is 219 g/mol. The lowest BCUT2D eigenvalue weighted by molar-refractivity contribution is 0.0192. The summed E-state index contributed by atoms with van der Waals surface area (Å²) in [6.07, 6.45) is 3.45. The van der Waals surface area contributed by atoms with Crippen molar-refractivity contribution in [1.29, 1.82) is 0 Å². The van der Waals surface area contributed by atoms with Crippen molar-refractivity contribution in [2.45, 2.75) is 32.1 Å². The first kappa shape index (κ1) is 11.6. The minimum Gasteiger partial charge on any atom is -0.396 e. The molecule has 2 heteroatoms. The second-order valence-corrected chi connectivity index (χ2v) is 5.07. The summed E-state index contributed by atoms with van der Waals surface area (Å²) in [6, 6.07) is 8.56. The zero-order valence-electron chi connectivity index (χ0n) is 9.95. The molecule has 0 radical (unpaired) electrons. The van der Waals surface area contributed by atoms with E-state index in [2.05, 4.69) is 31.2 Å². The van der Waals surface area contributed by atoms with Crippen molar-refractivity contribution in [3.05, 3.63) is 35.4 Å². The van der Waals surface area contributed by atoms with Crippen LogP contribution in [0.25, 0.3) is 0 Å². The van der Waals surface area contributed by atoms with Crippen molar-refractivity contribution in [3.63, 3.8) is 0 Å². The molecule has 88 valence electrons. The third-order valence-corrected chi connectivity index (χ3v) is 4.12. The minimum atomic E-state index is 0.0595. The van der Waals surface area contributed by atoms with Crippen LogP contribution in [-0.4, -0.2) is 18.3 Å². The maximum Gasteiger partial charge on any atom is 0.0493 e. The van der Waals surface area contributed by atoms with Gasteiger partial charge >= 0.3 is 0 Å². The van der Waals surface area contributed by atoms with Gasteiger partial charge in [-0.25, -0.2) is 0 Å². The summed E-state index contributed by atoms with van der Waals surface area (Å²) < 4.78 is 0. The summed E-state index contributed by atoms with van der Waals surface area (Å²) in [4.78, 5) is 0. The molecule has 3 N–H and O–H groups in total. The van der Waals surface area contributed by atoms with E-state index in [1.54, 1.807) is 0 Å². The first-order valence-electron chi connectivity index (χ1n) is 6.09. The van der Waals surface area contributed by atoms with Crippen LogP contribution in [0.4, 0.5) is 0 Å². The molecule has 0 amide bonds. The molecule has 2 rings (SSSR count). The van der Waals surface area contributed by atoms with Gasteiger partial charge in [0.25, 0.3) is 0 Å². The molecule has 2 nitrogen and oxygen atoms in total. The van der Waals surface area contributed by atoms with Crippen molar-refractivity contribution in [2.24, 2.45) is 11.1 Å². The Morgan fingerprint density at radius 3 is 2.31 bits per heavy atom. The Morgan fingerprint density at radius 2 is 1.94 bits per heavy atom.